The summed E-state index contributed by atoms with van der Waals surface area (Å²) < 4.78 is 33.8. The molecule has 9 nitrogen and oxygen atoms in total. The predicted octanol–water partition coefficient (Wildman–Crippen LogP) is 3.63. The Hall–Kier alpha value is -3.86. The lowest BCUT2D eigenvalue weighted by atomic mass is 9.95. The van der Waals surface area contributed by atoms with Crippen molar-refractivity contribution in [1.29, 1.82) is 0 Å². The van der Waals surface area contributed by atoms with Gasteiger partial charge in [0, 0.05) is 11.3 Å². The number of amides is 1. The third-order valence-electron chi connectivity index (χ3n) is 5.72. The molecule has 186 valence electrons. The van der Waals surface area contributed by atoms with Crippen LogP contribution < -0.4 is 19.5 Å². The first kappa shape index (κ1) is 25.2. The smallest absolute Gasteiger partial charge is 0.300 e. The van der Waals surface area contributed by atoms with Gasteiger partial charge in [0.1, 0.15) is 17.3 Å². The highest BCUT2D eigenvalue weighted by molar-refractivity contribution is 7.89. The molecule has 0 aromatic heterocycles. The zero-order chi connectivity index (χ0) is 26.2. The molecule has 1 unspecified atom stereocenters. The minimum Gasteiger partial charge on any atom is -0.507 e. The largest absolute Gasteiger partial charge is 0.507 e. The maximum atomic E-state index is 13.3. The fraction of sp³-hybridized carbons (Fsp3) is 0.120. The Kier molecular flexibility index (Phi) is 6.77. The van der Waals surface area contributed by atoms with E-state index in [0.29, 0.717) is 17.1 Å². The summed E-state index contributed by atoms with van der Waals surface area (Å²) in [5.41, 5.74) is 0.732. The van der Waals surface area contributed by atoms with E-state index in [9.17, 15) is 23.1 Å². The first-order valence-electron chi connectivity index (χ1n) is 10.5. The van der Waals surface area contributed by atoms with Crippen molar-refractivity contribution in [1.82, 2.24) is 0 Å². The minimum absolute atomic E-state index is 0.159. The van der Waals surface area contributed by atoms with Crippen LogP contribution in [0, 0.1) is 0 Å². The molecule has 0 radical (unpaired) electrons. The second-order valence-corrected chi connectivity index (χ2v) is 9.80. The first-order chi connectivity index (χ1) is 17.1. The molecule has 1 aliphatic rings. The van der Waals surface area contributed by atoms with Crippen LogP contribution in [0.5, 0.6) is 11.5 Å². The van der Waals surface area contributed by atoms with Crippen molar-refractivity contribution in [2.75, 3.05) is 19.1 Å². The summed E-state index contributed by atoms with van der Waals surface area (Å²) in [6.07, 6.45) is 0. The van der Waals surface area contributed by atoms with Crippen molar-refractivity contribution in [3.8, 4) is 11.5 Å². The molecule has 4 rings (SSSR count). The number of halogens is 1. The quantitative estimate of drug-likeness (QED) is 0.283. The Labute approximate surface area is 212 Å². The van der Waals surface area contributed by atoms with Gasteiger partial charge in [-0.3, -0.25) is 14.5 Å². The van der Waals surface area contributed by atoms with Gasteiger partial charge in [0.15, 0.2) is 0 Å². The van der Waals surface area contributed by atoms with E-state index >= 15 is 0 Å². The van der Waals surface area contributed by atoms with Gasteiger partial charge in [-0.1, -0.05) is 23.7 Å². The van der Waals surface area contributed by atoms with E-state index < -0.39 is 33.5 Å². The van der Waals surface area contributed by atoms with Crippen LogP contribution in [-0.4, -0.2) is 39.4 Å². The third-order valence-corrected chi connectivity index (χ3v) is 6.95. The van der Waals surface area contributed by atoms with Crippen LogP contribution in [0.25, 0.3) is 5.76 Å². The van der Waals surface area contributed by atoms with E-state index in [0.717, 1.165) is 0 Å². The number of ether oxygens (including phenoxy) is 2. The molecular weight excluding hydrogens is 508 g/mol. The van der Waals surface area contributed by atoms with Crippen LogP contribution in [0.3, 0.4) is 0 Å². The van der Waals surface area contributed by atoms with Gasteiger partial charge in [-0.2, -0.15) is 0 Å². The number of carbonyl (C=O) groups excluding carboxylic acids is 2. The van der Waals surface area contributed by atoms with Gasteiger partial charge in [0.25, 0.3) is 11.7 Å². The molecule has 1 fully saturated rings. The van der Waals surface area contributed by atoms with Crippen LogP contribution in [0.1, 0.15) is 17.2 Å². The van der Waals surface area contributed by atoms with E-state index in [4.69, 9.17) is 26.2 Å². The van der Waals surface area contributed by atoms with Gasteiger partial charge >= 0.3 is 0 Å². The van der Waals surface area contributed by atoms with Crippen molar-refractivity contribution in [3.63, 3.8) is 0 Å². The maximum Gasteiger partial charge on any atom is 0.300 e. The summed E-state index contributed by atoms with van der Waals surface area (Å²) in [6.45, 7) is 0. The van der Waals surface area contributed by atoms with Crippen LogP contribution in [0.4, 0.5) is 5.69 Å². The number of aliphatic hydroxyl groups is 1. The van der Waals surface area contributed by atoms with Gasteiger partial charge in [-0.05, 0) is 60.2 Å². The van der Waals surface area contributed by atoms with Crippen LogP contribution in [0.2, 0.25) is 5.02 Å². The highest BCUT2D eigenvalue weighted by atomic mass is 35.5. The van der Waals surface area contributed by atoms with Crippen molar-refractivity contribution < 1.29 is 32.6 Å². The fourth-order valence-electron chi connectivity index (χ4n) is 3.99. The van der Waals surface area contributed by atoms with Gasteiger partial charge in [0.2, 0.25) is 10.0 Å². The summed E-state index contributed by atoms with van der Waals surface area (Å²) in [5.74, 6) is -1.44. The normalized spacial score (nSPS) is 17.3. The van der Waals surface area contributed by atoms with E-state index in [-0.39, 0.29) is 26.7 Å². The average molecular weight is 529 g/mol. The zero-order valence-corrected chi connectivity index (χ0v) is 20.7. The van der Waals surface area contributed by atoms with E-state index in [1.165, 1.54) is 61.6 Å². The second-order valence-electron chi connectivity index (χ2n) is 7.83. The number of hydrogen-bond acceptors (Lipinski definition) is 7. The molecular formula is C25H21ClN2O7S. The monoisotopic (exact) mass is 528 g/mol. The van der Waals surface area contributed by atoms with Gasteiger partial charge in [-0.15, -0.1) is 0 Å². The highest BCUT2D eigenvalue weighted by Gasteiger charge is 2.47. The van der Waals surface area contributed by atoms with Crippen LogP contribution in [-0.2, 0) is 19.6 Å². The predicted molar refractivity (Wildman–Crippen MR) is 134 cm³/mol. The first-order valence-corrected chi connectivity index (χ1v) is 12.4. The number of anilines is 1. The molecule has 11 heteroatoms. The number of nitrogens with two attached hydrogens (primary N) is 1. The van der Waals surface area contributed by atoms with E-state index in [1.807, 2.05) is 0 Å². The van der Waals surface area contributed by atoms with Crippen molar-refractivity contribution in [2.45, 2.75) is 10.9 Å². The summed E-state index contributed by atoms with van der Waals surface area (Å²) in [7, 11) is -1.06. The lowest BCUT2D eigenvalue weighted by molar-refractivity contribution is -0.132. The second kappa shape index (κ2) is 9.65. The topological polar surface area (TPSA) is 136 Å². The number of benzene rings is 3. The number of aliphatic hydroxyl groups excluding tert-OH is 1. The minimum atomic E-state index is -3.97. The number of carbonyl (C=O) groups is 2. The molecule has 1 saturated heterocycles. The summed E-state index contributed by atoms with van der Waals surface area (Å²) >= 11 is 6.22. The van der Waals surface area contributed by atoms with Gasteiger partial charge in [-0.25, -0.2) is 13.6 Å². The lowest BCUT2D eigenvalue weighted by Gasteiger charge is -2.26. The molecule has 0 saturated carbocycles. The van der Waals surface area contributed by atoms with Crippen LogP contribution in [0.15, 0.2) is 77.2 Å². The molecule has 0 aliphatic carbocycles. The Morgan fingerprint density at radius 2 is 1.69 bits per heavy atom. The molecule has 0 bridgehead atoms. The summed E-state index contributed by atoms with van der Waals surface area (Å²) in [5, 5.41) is 16.6. The fourth-order valence-corrected chi connectivity index (χ4v) is 4.76. The summed E-state index contributed by atoms with van der Waals surface area (Å²) in [6, 6.07) is 15.3. The number of Topliss-reactive ketones (excluding diaryl/α,β-unsaturated/α-hetero) is 1. The van der Waals surface area contributed by atoms with Gasteiger partial charge < -0.3 is 14.6 Å². The Morgan fingerprint density at radius 3 is 2.28 bits per heavy atom. The number of ketones is 1. The SMILES string of the molecule is COc1cccc(C2/C(=C(\O)c3ccc(OC)c(Cl)c3)C(=O)C(=O)N2c2ccc(S(N)(=O)=O)cc2)c1. The standard InChI is InChI=1S/C25H21ClN2O7S/c1-34-17-5-3-4-14(12-17)22-21(23(29)15-6-11-20(35-2)19(26)13-15)24(30)25(31)28(22)16-7-9-18(10-8-16)36(27,32)33/h3-13,22,29H,1-2H3,(H2,27,32,33)/b23-21+. The molecule has 1 heterocycles. The number of methoxy groups -OCH3 is 2. The number of sulfonamides is 1. The molecule has 1 amide bonds. The molecule has 1 atom stereocenters. The van der Waals surface area contributed by atoms with Crippen molar-refractivity contribution in [2.24, 2.45) is 5.14 Å². The Bertz CT molecular complexity index is 1500. The molecule has 3 N–H and O–H groups in total. The zero-order valence-electron chi connectivity index (χ0n) is 19.1. The third kappa shape index (κ3) is 4.53. The molecule has 1 aliphatic heterocycles. The number of rotatable bonds is 6. The Balaban J connectivity index is 1.93. The van der Waals surface area contributed by atoms with Crippen molar-refractivity contribution in [3.05, 3.63) is 88.5 Å². The van der Waals surface area contributed by atoms with E-state index in [2.05, 4.69) is 0 Å². The Morgan fingerprint density at radius 1 is 1.00 bits per heavy atom. The molecule has 3 aromatic rings. The van der Waals surface area contributed by atoms with E-state index in [1.54, 1.807) is 24.3 Å². The number of hydrogen-bond donors (Lipinski definition) is 2. The van der Waals surface area contributed by atoms with Crippen molar-refractivity contribution >= 4 is 44.8 Å². The highest BCUT2D eigenvalue weighted by Crippen LogP contribution is 2.43. The number of primary sulfonamides is 1. The average Bonchev–Trinajstić information content (AvgIpc) is 3.13. The number of nitrogens with zero attached hydrogens (tertiary/aromatic N) is 1. The molecule has 3 aromatic carbocycles. The molecule has 0 spiro atoms. The van der Waals surface area contributed by atoms with Crippen LogP contribution >= 0.6 is 11.6 Å². The maximum absolute atomic E-state index is 13.3. The molecule has 36 heavy (non-hydrogen) atoms. The lowest BCUT2D eigenvalue weighted by Crippen LogP contribution is -2.29. The summed E-state index contributed by atoms with van der Waals surface area (Å²) in [4.78, 5) is 27.5. The van der Waals surface area contributed by atoms with Gasteiger partial charge in [0.05, 0.1) is 35.8 Å².